The topological polar surface area (TPSA) is 46.0 Å². The first-order chi connectivity index (χ1) is 16.9. The van der Waals surface area contributed by atoms with Crippen LogP contribution in [0.15, 0.2) is 42.5 Å². The van der Waals surface area contributed by atoms with E-state index in [1.807, 2.05) is 32.9 Å². The third-order valence-electron chi connectivity index (χ3n) is 5.77. The van der Waals surface area contributed by atoms with Crippen LogP contribution in [-0.4, -0.2) is 21.7 Å². The highest BCUT2D eigenvalue weighted by Crippen LogP contribution is 2.32. The van der Waals surface area contributed by atoms with Crippen LogP contribution in [-0.2, 0) is 19.3 Å². The van der Waals surface area contributed by atoms with Gasteiger partial charge in [-0.15, -0.1) is 0 Å². The highest BCUT2D eigenvalue weighted by Gasteiger charge is 2.15. The Morgan fingerprint density at radius 1 is 0.944 bits per heavy atom. The maximum absolute atomic E-state index is 7.57. The minimum atomic E-state index is 0. The number of aliphatic hydroxyl groups is 1. The summed E-state index contributed by atoms with van der Waals surface area (Å²) in [5.41, 5.74) is 7.90. The molecule has 0 spiro atoms. The predicted molar refractivity (Wildman–Crippen MR) is 160 cm³/mol. The molecule has 0 aliphatic heterocycles. The zero-order valence-electron chi connectivity index (χ0n) is 22.5. The Labute approximate surface area is 230 Å². The van der Waals surface area contributed by atoms with Crippen molar-refractivity contribution in [2.24, 2.45) is 0 Å². The summed E-state index contributed by atoms with van der Waals surface area (Å²) >= 11 is 12.2. The van der Waals surface area contributed by atoms with Gasteiger partial charge in [-0.3, -0.25) is 4.98 Å². The van der Waals surface area contributed by atoms with Crippen molar-refractivity contribution in [3.05, 3.63) is 80.7 Å². The molecule has 36 heavy (non-hydrogen) atoms. The summed E-state index contributed by atoms with van der Waals surface area (Å²) in [4.78, 5) is 9.38. The largest absolute Gasteiger partial charge is 0.397 e. The van der Waals surface area contributed by atoms with Crippen molar-refractivity contribution in [3.63, 3.8) is 0 Å². The maximum Gasteiger partial charge on any atom is 0.0935 e. The average Bonchev–Trinajstić information content (AvgIpc) is 2.87. The van der Waals surface area contributed by atoms with Gasteiger partial charge in [-0.05, 0) is 81.2 Å². The van der Waals surface area contributed by atoms with Crippen LogP contribution in [0.2, 0.25) is 10.0 Å². The summed E-state index contributed by atoms with van der Waals surface area (Å²) in [6.45, 7) is 14.4. The zero-order chi connectivity index (χ0) is 26.4. The monoisotopic (exact) mass is 532 g/mol. The molecule has 0 fully saturated rings. The molecule has 1 aliphatic carbocycles. The Morgan fingerprint density at radius 3 is 2.11 bits per heavy atom. The number of aryl methyl sites for hydroxylation is 4. The summed E-state index contributed by atoms with van der Waals surface area (Å²) in [6, 6.07) is 14.3. The van der Waals surface area contributed by atoms with E-state index in [-0.39, 0.29) is 14.0 Å². The summed E-state index contributed by atoms with van der Waals surface area (Å²) in [6.07, 6.45) is 5.73. The van der Waals surface area contributed by atoms with Gasteiger partial charge in [-0.2, -0.15) is 0 Å². The number of benzene rings is 2. The first-order valence-electron chi connectivity index (χ1n) is 12.9. The molecular weight excluding hydrogens is 487 g/mol. The van der Waals surface area contributed by atoms with Gasteiger partial charge in [-0.25, -0.2) is 4.98 Å². The highest BCUT2D eigenvalue weighted by atomic mass is 35.5. The molecule has 0 amide bonds. The van der Waals surface area contributed by atoms with E-state index in [1.165, 1.54) is 19.3 Å². The van der Waals surface area contributed by atoms with Crippen molar-refractivity contribution in [2.75, 3.05) is 6.61 Å². The Balaban J connectivity index is 0.000000611. The van der Waals surface area contributed by atoms with Crippen molar-refractivity contribution < 1.29 is 5.11 Å². The molecule has 1 aliphatic rings. The van der Waals surface area contributed by atoms with Gasteiger partial charge in [0.05, 0.1) is 27.8 Å². The van der Waals surface area contributed by atoms with Crippen LogP contribution < -0.4 is 0 Å². The second-order valence-electron chi connectivity index (χ2n) is 8.19. The van der Waals surface area contributed by atoms with Crippen molar-refractivity contribution in [2.45, 2.75) is 93.9 Å². The predicted octanol–water partition coefficient (Wildman–Crippen LogP) is 9.67. The van der Waals surface area contributed by atoms with Crippen LogP contribution >= 0.6 is 23.2 Å². The van der Waals surface area contributed by atoms with E-state index in [9.17, 15) is 0 Å². The number of aliphatic hydroxyl groups excluding tert-OH is 1. The van der Waals surface area contributed by atoms with Crippen LogP contribution in [0.1, 0.15) is 95.9 Å². The Hall–Kier alpha value is -1.94. The van der Waals surface area contributed by atoms with Crippen LogP contribution in [0.25, 0.3) is 11.3 Å². The van der Waals surface area contributed by atoms with Gasteiger partial charge in [0.2, 0.25) is 0 Å². The molecular formula is C31H46Cl2N2O. The number of halogens is 2. The first kappa shape index (κ1) is 34.1. The molecule has 1 aromatic heterocycles. The van der Waals surface area contributed by atoms with Crippen molar-refractivity contribution in [1.29, 1.82) is 0 Å². The minimum Gasteiger partial charge on any atom is -0.397 e. The number of hydrogen-bond donors (Lipinski definition) is 1. The summed E-state index contributed by atoms with van der Waals surface area (Å²) < 4.78 is 0. The summed E-state index contributed by atoms with van der Waals surface area (Å²) in [5, 5.41) is 8.81. The summed E-state index contributed by atoms with van der Waals surface area (Å²) in [5.74, 6) is 0.792. The summed E-state index contributed by atoms with van der Waals surface area (Å²) in [7, 11) is 0. The van der Waals surface area contributed by atoms with Gasteiger partial charge in [0.25, 0.3) is 0 Å². The normalized spacial score (nSPS) is 13.3. The van der Waals surface area contributed by atoms with Crippen molar-refractivity contribution >= 4 is 23.2 Å². The number of aromatic nitrogens is 2. The van der Waals surface area contributed by atoms with E-state index in [1.54, 1.807) is 24.1 Å². The molecule has 1 unspecified atom stereocenters. The standard InChI is InChI=1S/C15H16Cl2N2.C11H14.C2H6O.C2H6.CH4/c1-4-13-9(3)18-14(5-2)15(19-13)11-7-6-10(16)8-12(11)17;1-9-5-4-7-10-6-2-3-8-11(9)10;1-2-3;1-2;/h6-8H,4-5H2,1-3H3;2-3,6,8-9H,4-5,7H2,1H3;3H,2H2,1H3;1-2H3;1H4. The molecule has 3 aromatic rings. The quantitative estimate of drug-likeness (QED) is 0.365. The SMILES string of the molecule is C.CC.CC1CCCc2ccccc21.CCO.CCc1nc(-c2ccc(Cl)cc2Cl)c(CC)nc1C. The van der Waals surface area contributed by atoms with Gasteiger partial charge < -0.3 is 5.11 Å². The molecule has 1 heterocycles. The van der Waals surface area contributed by atoms with Gasteiger partial charge in [0.15, 0.2) is 0 Å². The number of nitrogens with zero attached hydrogens (tertiary/aromatic N) is 2. The van der Waals surface area contributed by atoms with Crippen LogP contribution in [0.3, 0.4) is 0 Å². The molecule has 0 saturated heterocycles. The maximum atomic E-state index is 7.57. The first-order valence-corrected chi connectivity index (χ1v) is 13.6. The van der Waals surface area contributed by atoms with E-state index >= 15 is 0 Å². The number of hydrogen-bond acceptors (Lipinski definition) is 3. The minimum absolute atomic E-state index is 0. The molecule has 200 valence electrons. The highest BCUT2D eigenvalue weighted by molar-refractivity contribution is 6.36. The molecule has 1 atom stereocenters. The fourth-order valence-corrected chi connectivity index (χ4v) is 4.57. The second-order valence-corrected chi connectivity index (χ2v) is 9.03. The van der Waals surface area contributed by atoms with E-state index in [2.05, 4.69) is 50.0 Å². The Bertz CT molecular complexity index is 1040. The lowest BCUT2D eigenvalue weighted by Gasteiger charge is -2.21. The Morgan fingerprint density at radius 2 is 1.56 bits per heavy atom. The Kier molecular flexibility index (Phi) is 17.3. The van der Waals surface area contributed by atoms with Crippen molar-refractivity contribution in [1.82, 2.24) is 9.97 Å². The third kappa shape index (κ3) is 9.84. The molecule has 1 N–H and O–H groups in total. The lowest BCUT2D eigenvalue weighted by atomic mass is 9.84. The molecule has 4 rings (SSSR count). The van der Waals surface area contributed by atoms with E-state index in [0.717, 1.165) is 47.1 Å². The molecule has 0 radical (unpaired) electrons. The zero-order valence-corrected chi connectivity index (χ0v) is 24.0. The number of rotatable bonds is 3. The van der Waals surface area contributed by atoms with E-state index < -0.39 is 0 Å². The van der Waals surface area contributed by atoms with Gasteiger partial charge in [-0.1, -0.05) is 89.5 Å². The van der Waals surface area contributed by atoms with E-state index in [0.29, 0.717) is 10.0 Å². The van der Waals surface area contributed by atoms with Gasteiger partial charge in [0.1, 0.15) is 0 Å². The van der Waals surface area contributed by atoms with Crippen molar-refractivity contribution in [3.8, 4) is 11.3 Å². The third-order valence-corrected chi connectivity index (χ3v) is 6.31. The molecule has 5 heteroatoms. The lowest BCUT2D eigenvalue weighted by molar-refractivity contribution is 0.318. The second kappa shape index (κ2) is 18.3. The molecule has 0 saturated carbocycles. The molecule has 0 bridgehead atoms. The lowest BCUT2D eigenvalue weighted by Crippen LogP contribution is -2.05. The van der Waals surface area contributed by atoms with Crippen LogP contribution in [0, 0.1) is 6.92 Å². The van der Waals surface area contributed by atoms with E-state index in [4.69, 9.17) is 33.3 Å². The van der Waals surface area contributed by atoms with Gasteiger partial charge in [0, 0.05) is 17.2 Å². The fraction of sp³-hybridized carbons (Fsp3) is 0.484. The van der Waals surface area contributed by atoms with Gasteiger partial charge >= 0.3 is 0 Å². The smallest absolute Gasteiger partial charge is 0.0935 e. The number of fused-ring (bicyclic) bond motifs is 1. The van der Waals surface area contributed by atoms with Crippen LogP contribution in [0.4, 0.5) is 0 Å². The average molecular weight is 534 g/mol. The molecule has 2 aromatic carbocycles. The van der Waals surface area contributed by atoms with Crippen LogP contribution in [0.5, 0.6) is 0 Å². The molecule has 3 nitrogen and oxygen atoms in total. The fourth-order valence-electron chi connectivity index (χ4n) is 4.08.